The highest BCUT2D eigenvalue weighted by Gasteiger charge is 2.22. The summed E-state index contributed by atoms with van der Waals surface area (Å²) in [5, 5.41) is 0.509. The van der Waals surface area contributed by atoms with Gasteiger partial charge in [-0.3, -0.25) is 0 Å². The molecule has 0 radical (unpaired) electrons. The lowest BCUT2D eigenvalue weighted by atomic mass is 10.1. The third kappa shape index (κ3) is 8.51. The SMILES string of the molecule is CCC=CCCOc1ccc2c(OCC=C(C)CCC=C(C)C)c(OC(=O)c3ccccc3)c(=O)oc2c1. The Morgan fingerprint density at radius 1 is 0.921 bits per heavy atom. The van der Waals surface area contributed by atoms with Crippen LogP contribution in [0.25, 0.3) is 11.0 Å². The minimum atomic E-state index is -0.802. The number of carbonyl (C=O) groups is 1. The number of esters is 1. The van der Waals surface area contributed by atoms with Gasteiger partial charge in [0.2, 0.25) is 0 Å². The van der Waals surface area contributed by atoms with E-state index in [4.69, 9.17) is 18.6 Å². The predicted octanol–water partition coefficient (Wildman–Crippen LogP) is 7.82. The molecule has 0 amide bonds. The molecule has 3 aromatic rings. The van der Waals surface area contributed by atoms with Gasteiger partial charge < -0.3 is 18.6 Å². The molecule has 0 atom stereocenters. The van der Waals surface area contributed by atoms with Crippen molar-refractivity contribution < 1.29 is 23.4 Å². The van der Waals surface area contributed by atoms with Crippen LogP contribution >= 0.6 is 0 Å². The van der Waals surface area contributed by atoms with Crippen LogP contribution < -0.4 is 19.8 Å². The van der Waals surface area contributed by atoms with Gasteiger partial charge in [-0.25, -0.2) is 9.59 Å². The van der Waals surface area contributed by atoms with E-state index in [9.17, 15) is 9.59 Å². The molecule has 0 bridgehead atoms. The summed E-state index contributed by atoms with van der Waals surface area (Å²) in [4.78, 5) is 25.7. The first-order valence-corrected chi connectivity index (χ1v) is 13.0. The van der Waals surface area contributed by atoms with E-state index in [1.807, 2.05) is 13.0 Å². The van der Waals surface area contributed by atoms with Crippen molar-refractivity contribution in [1.82, 2.24) is 0 Å². The van der Waals surface area contributed by atoms with Crippen LogP contribution in [0.2, 0.25) is 0 Å². The van der Waals surface area contributed by atoms with Crippen LogP contribution in [0.1, 0.15) is 63.7 Å². The second-order valence-corrected chi connectivity index (χ2v) is 9.16. The summed E-state index contributed by atoms with van der Waals surface area (Å²) in [5.74, 6) is -0.220. The summed E-state index contributed by atoms with van der Waals surface area (Å²) in [6.45, 7) is 8.97. The molecule has 38 heavy (non-hydrogen) atoms. The number of carbonyl (C=O) groups excluding carboxylic acids is 1. The molecular formula is C32H36O6. The van der Waals surface area contributed by atoms with Gasteiger partial charge in [0.15, 0.2) is 5.75 Å². The molecule has 0 saturated carbocycles. The van der Waals surface area contributed by atoms with E-state index in [0.29, 0.717) is 23.3 Å². The molecule has 6 heteroatoms. The zero-order valence-corrected chi connectivity index (χ0v) is 22.6. The highest BCUT2D eigenvalue weighted by Crippen LogP contribution is 2.35. The molecule has 0 saturated heterocycles. The molecule has 0 spiro atoms. The third-order valence-electron chi connectivity index (χ3n) is 5.70. The average Bonchev–Trinajstić information content (AvgIpc) is 2.90. The number of fused-ring (bicyclic) bond motifs is 1. The average molecular weight is 517 g/mol. The second kappa shape index (κ2) is 14.6. The number of allylic oxidation sites excluding steroid dienone is 4. The normalized spacial score (nSPS) is 11.5. The van der Waals surface area contributed by atoms with E-state index in [-0.39, 0.29) is 23.7 Å². The van der Waals surface area contributed by atoms with Gasteiger partial charge in [-0.15, -0.1) is 0 Å². The van der Waals surface area contributed by atoms with Crippen LogP contribution in [-0.4, -0.2) is 19.2 Å². The van der Waals surface area contributed by atoms with Gasteiger partial charge in [0.1, 0.15) is 17.9 Å². The molecule has 0 fully saturated rings. The monoisotopic (exact) mass is 516 g/mol. The van der Waals surface area contributed by atoms with Crippen LogP contribution in [0.15, 0.2) is 93.2 Å². The lowest BCUT2D eigenvalue weighted by molar-refractivity contribution is 0.0722. The van der Waals surface area contributed by atoms with E-state index in [1.165, 1.54) is 5.57 Å². The maximum absolute atomic E-state index is 13.0. The number of benzene rings is 2. The molecule has 3 rings (SSSR count). The summed E-state index contributed by atoms with van der Waals surface area (Å²) in [6.07, 6.45) is 11.9. The van der Waals surface area contributed by atoms with Crippen LogP contribution in [-0.2, 0) is 0 Å². The molecule has 0 aliphatic heterocycles. The number of ether oxygens (including phenoxy) is 3. The topological polar surface area (TPSA) is 75.0 Å². The fraction of sp³-hybridized carbons (Fsp3) is 0.312. The van der Waals surface area contributed by atoms with Crippen molar-refractivity contribution in [2.24, 2.45) is 0 Å². The number of hydrogen-bond acceptors (Lipinski definition) is 6. The highest BCUT2D eigenvalue weighted by molar-refractivity contribution is 5.93. The first-order chi connectivity index (χ1) is 18.4. The summed E-state index contributed by atoms with van der Waals surface area (Å²) in [7, 11) is 0. The molecular weight excluding hydrogens is 480 g/mol. The van der Waals surface area contributed by atoms with Crippen LogP contribution in [0.4, 0.5) is 0 Å². The molecule has 2 aromatic carbocycles. The Hall–Kier alpha value is -4.06. The van der Waals surface area contributed by atoms with Crippen LogP contribution in [0.3, 0.4) is 0 Å². The van der Waals surface area contributed by atoms with E-state index < -0.39 is 11.6 Å². The first kappa shape index (κ1) is 28.5. The highest BCUT2D eigenvalue weighted by atomic mass is 16.6. The Kier molecular flexibility index (Phi) is 11.0. The Bertz CT molecular complexity index is 1360. The van der Waals surface area contributed by atoms with Gasteiger partial charge in [-0.05, 0) is 76.8 Å². The van der Waals surface area contributed by atoms with E-state index in [1.54, 1.807) is 48.5 Å². The van der Waals surface area contributed by atoms with Gasteiger partial charge in [0.25, 0.3) is 5.75 Å². The minimum absolute atomic E-state index is 0.159. The maximum Gasteiger partial charge on any atom is 0.383 e. The van der Waals surface area contributed by atoms with Gasteiger partial charge in [0.05, 0.1) is 17.6 Å². The van der Waals surface area contributed by atoms with Crippen molar-refractivity contribution in [2.75, 3.05) is 13.2 Å². The fourth-order valence-corrected chi connectivity index (χ4v) is 3.67. The van der Waals surface area contributed by atoms with E-state index >= 15 is 0 Å². The number of hydrogen-bond donors (Lipinski definition) is 0. The van der Waals surface area contributed by atoms with Gasteiger partial charge >= 0.3 is 11.6 Å². The van der Waals surface area contributed by atoms with Gasteiger partial charge in [-0.2, -0.15) is 0 Å². The Morgan fingerprint density at radius 3 is 2.45 bits per heavy atom. The van der Waals surface area contributed by atoms with Crippen molar-refractivity contribution in [2.45, 2.75) is 53.4 Å². The summed E-state index contributed by atoms with van der Waals surface area (Å²) < 4.78 is 22.9. The van der Waals surface area contributed by atoms with E-state index in [0.717, 1.165) is 31.3 Å². The molecule has 1 aromatic heterocycles. The van der Waals surface area contributed by atoms with Crippen molar-refractivity contribution in [3.8, 4) is 17.2 Å². The third-order valence-corrected chi connectivity index (χ3v) is 5.70. The Morgan fingerprint density at radius 2 is 1.71 bits per heavy atom. The molecule has 0 N–H and O–H groups in total. The first-order valence-electron chi connectivity index (χ1n) is 13.0. The summed E-state index contributed by atoms with van der Waals surface area (Å²) in [6, 6.07) is 13.6. The standard InChI is InChI=1S/C32H36O6/c1-5-6-7-11-20-35-26-17-18-27-28(22-26)37-32(34)30(38-31(33)25-15-9-8-10-16-25)29(27)36-21-19-24(4)14-12-13-23(2)3/h6-10,13,15-19,22H,5,11-12,14,20-21H2,1-4H3. The smallest absolute Gasteiger partial charge is 0.383 e. The number of rotatable bonds is 13. The molecule has 6 nitrogen and oxygen atoms in total. The molecule has 0 aliphatic carbocycles. The van der Waals surface area contributed by atoms with Crippen LogP contribution in [0, 0.1) is 0 Å². The summed E-state index contributed by atoms with van der Waals surface area (Å²) in [5.41, 5.74) is 2.24. The lowest BCUT2D eigenvalue weighted by Crippen LogP contribution is -2.16. The van der Waals surface area contributed by atoms with Crippen LogP contribution in [0.5, 0.6) is 17.2 Å². The molecule has 0 aliphatic rings. The van der Waals surface area contributed by atoms with Gasteiger partial charge in [0, 0.05) is 6.07 Å². The summed E-state index contributed by atoms with van der Waals surface area (Å²) >= 11 is 0. The largest absolute Gasteiger partial charge is 0.493 e. The fourth-order valence-electron chi connectivity index (χ4n) is 3.67. The van der Waals surface area contributed by atoms with Crippen molar-refractivity contribution in [3.63, 3.8) is 0 Å². The van der Waals surface area contributed by atoms with Crippen molar-refractivity contribution in [1.29, 1.82) is 0 Å². The zero-order valence-electron chi connectivity index (χ0n) is 22.6. The predicted molar refractivity (Wildman–Crippen MR) is 151 cm³/mol. The molecule has 1 heterocycles. The van der Waals surface area contributed by atoms with Crippen molar-refractivity contribution >= 4 is 16.9 Å². The zero-order chi connectivity index (χ0) is 27.3. The van der Waals surface area contributed by atoms with Gasteiger partial charge in [-0.1, -0.05) is 54.5 Å². The minimum Gasteiger partial charge on any atom is -0.493 e. The second-order valence-electron chi connectivity index (χ2n) is 9.16. The molecule has 200 valence electrons. The Balaban J connectivity index is 1.89. The molecule has 0 unspecified atom stereocenters. The maximum atomic E-state index is 13.0. The van der Waals surface area contributed by atoms with E-state index in [2.05, 4.69) is 39.0 Å². The quantitative estimate of drug-likeness (QED) is 0.0998. The lowest BCUT2D eigenvalue weighted by Gasteiger charge is -2.13. The Labute approximate surface area is 224 Å². The van der Waals surface area contributed by atoms with Crippen molar-refractivity contribution in [3.05, 3.63) is 100.0 Å².